The molecular formula is C21H20N2O3S. The summed E-state index contributed by atoms with van der Waals surface area (Å²) in [5.41, 5.74) is 3.23. The van der Waals surface area contributed by atoms with Crippen molar-refractivity contribution < 1.29 is 13.2 Å². The number of nitrogens with one attached hydrogen (secondary N) is 1. The Bertz CT molecular complexity index is 1030. The second kappa shape index (κ2) is 7.73. The van der Waals surface area contributed by atoms with Crippen molar-refractivity contribution in [2.45, 2.75) is 4.90 Å². The Balaban J connectivity index is 1.72. The van der Waals surface area contributed by atoms with Crippen LogP contribution in [0.3, 0.4) is 0 Å². The van der Waals surface area contributed by atoms with E-state index < -0.39 is 10.0 Å². The molecule has 0 aliphatic heterocycles. The first-order valence-electron chi connectivity index (χ1n) is 8.37. The van der Waals surface area contributed by atoms with Gasteiger partial charge in [-0.25, -0.2) is 12.7 Å². The van der Waals surface area contributed by atoms with Gasteiger partial charge in [-0.2, -0.15) is 0 Å². The van der Waals surface area contributed by atoms with Crippen LogP contribution in [0.15, 0.2) is 83.8 Å². The molecule has 0 spiro atoms. The monoisotopic (exact) mass is 380 g/mol. The van der Waals surface area contributed by atoms with Crippen molar-refractivity contribution in [2.24, 2.45) is 0 Å². The van der Waals surface area contributed by atoms with Gasteiger partial charge in [-0.1, -0.05) is 42.5 Å². The third-order valence-corrected chi connectivity index (χ3v) is 5.97. The maximum absolute atomic E-state index is 12.4. The zero-order valence-electron chi connectivity index (χ0n) is 15.1. The molecule has 0 atom stereocenters. The lowest BCUT2D eigenvalue weighted by molar-refractivity contribution is 0.102. The Hall–Kier alpha value is -2.96. The van der Waals surface area contributed by atoms with Crippen molar-refractivity contribution in [3.05, 3.63) is 84.4 Å². The minimum atomic E-state index is -3.51. The Morgan fingerprint density at radius 3 is 1.89 bits per heavy atom. The number of benzene rings is 3. The van der Waals surface area contributed by atoms with E-state index in [1.54, 1.807) is 0 Å². The van der Waals surface area contributed by atoms with Crippen LogP contribution in [0.2, 0.25) is 0 Å². The third-order valence-electron chi connectivity index (χ3n) is 4.14. The summed E-state index contributed by atoms with van der Waals surface area (Å²) in [7, 11) is -0.573. The van der Waals surface area contributed by atoms with Gasteiger partial charge in [0.1, 0.15) is 0 Å². The van der Waals surface area contributed by atoms with E-state index in [9.17, 15) is 13.2 Å². The Kier molecular flexibility index (Phi) is 5.39. The quantitative estimate of drug-likeness (QED) is 0.731. The fourth-order valence-corrected chi connectivity index (χ4v) is 3.47. The first-order chi connectivity index (χ1) is 12.9. The minimum absolute atomic E-state index is 0.149. The molecule has 1 amide bonds. The first kappa shape index (κ1) is 18.8. The average Bonchev–Trinajstić information content (AvgIpc) is 2.69. The molecule has 0 bridgehead atoms. The molecule has 5 nitrogen and oxygen atoms in total. The molecule has 3 rings (SSSR count). The highest BCUT2D eigenvalue weighted by Crippen LogP contribution is 2.21. The number of hydrogen-bond acceptors (Lipinski definition) is 3. The SMILES string of the molecule is CN(C)S(=O)(=O)c1ccc(C(=O)Nc2ccc(-c3ccccc3)cc2)cc1. The lowest BCUT2D eigenvalue weighted by Gasteiger charge is -2.12. The number of carbonyl (C=O) groups excluding carboxylic acids is 1. The van der Waals surface area contributed by atoms with Crippen LogP contribution in [-0.4, -0.2) is 32.7 Å². The van der Waals surface area contributed by atoms with Gasteiger partial charge in [-0.05, 0) is 47.5 Å². The number of carbonyl (C=O) groups is 1. The molecule has 0 saturated heterocycles. The molecule has 3 aromatic rings. The number of amides is 1. The van der Waals surface area contributed by atoms with Crippen LogP contribution in [0.5, 0.6) is 0 Å². The summed E-state index contributed by atoms with van der Waals surface area (Å²) in [6, 6.07) is 23.4. The molecule has 0 radical (unpaired) electrons. The molecule has 138 valence electrons. The predicted octanol–water partition coefficient (Wildman–Crippen LogP) is 3.86. The van der Waals surface area contributed by atoms with Gasteiger partial charge in [-0.15, -0.1) is 0 Å². The van der Waals surface area contributed by atoms with Crippen molar-refractivity contribution >= 4 is 21.6 Å². The van der Waals surface area contributed by atoms with E-state index in [0.717, 1.165) is 15.4 Å². The zero-order chi connectivity index (χ0) is 19.4. The average molecular weight is 380 g/mol. The van der Waals surface area contributed by atoms with E-state index >= 15 is 0 Å². The van der Waals surface area contributed by atoms with Gasteiger partial charge in [-0.3, -0.25) is 4.79 Å². The largest absolute Gasteiger partial charge is 0.322 e. The highest BCUT2D eigenvalue weighted by atomic mass is 32.2. The summed E-state index contributed by atoms with van der Waals surface area (Å²) in [4.78, 5) is 12.5. The molecule has 0 aliphatic rings. The summed E-state index contributed by atoms with van der Waals surface area (Å²) in [6.45, 7) is 0. The predicted molar refractivity (Wildman–Crippen MR) is 107 cm³/mol. The van der Waals surface area contributed by atoms with Gasteiger partial charge in [0.2, 0.25) is 10.0 Å². The maximum Gasteiger partial charge on any atom is 0.255 e. The van der Waals surface area contributed by atoms with Gasteiger partial charge in [0.15, 0.2) is 0 Å². The number of rotatable bonds is 5. The minimum Gasteiger partial charge on any atom is -0.322 e. The smallest absolute Gasteiger partial charge is 0.255 e. The van der Waals surface area contributed by atoms with Crippen LogP contribution in [0.25, 0.3) is 11.1 Å². The van der Waals surface area contributed by atoms with Crippen LogP contribution in [0, 0.1) is 0 Å². The molecule has 1 N–H and O–H groups in total. The van der Waals surface area contributed by atoms with E-state index in [1.807, 2.05) is 54.6 Å². The van der Waals surface area contributed by atoms with Crippen molar-refractivity contribution in [3.8, 4) is 11.1 Å². The highest BCUT2D eigenvalue weighted by Gasteiger charge is 2.17. The summed E-state index contributed by atoms with van der Waals surface area (Å²) in [5, 5.41) is 2.82. The maximum atomic E-state index is 12.4. The van der Waals surface area contributed by atoms with E-state index in [-0.39, 0.29) is 10.8 Å². The normalized spacial score (nSPS) is 11.4. The van der Waals surface area contributed by atoms with Gasteiger partial charge >= 0.3 is 0 Å². The summed E-state index contributed by atoms with van der Waals surface area (Å²) in [5.74, 6) is -0.295. The highest BCUT2D eigenvalue weighted by molar-refractivity contribution is 7.89. The second-order valence-electron chi connectivity index (χ2n) is 6.21. The fourth-order valence-electron chi connectivity index (χ4n) is 2.57. The number of nitrogens with zero attached hydrogens (tertiary/aromatic N) is 1. The molecule has 0 heterocycles. The molecule has 0 saturated carbocycles. The van der Waals surface area contributed by atoms with Crippen molar-refractivity contribution in [2.75, 3.05) is 19.4 Å². The van der Waals surface area contributed by atoms with Crippen LogP contribution in [0.1, 0.15) is 10.4 Å². The number of anilines is 1. The van der Waals surface area contributed by atoms with Crippen molar-refractivity contribution in [1.82, 2.24) is 4.31 Å². The number of sulfonamides is 1. The molecule has 6 heteroatoms. The zero-order valence-corrected chi connectivity index (χ0v) is 15.9. The fraction of sp³-hybridized carbons (Fsp3) is 0.0952. The lowest BCUT2D eigenvalue weighted by atomic mass is 10.1. The Labute approximate surface area is 159 Å². The van der Waals surface area contributed by atoms with Crippen LogP contribution >= 0.6 is 0 Å². The van der Waals surface area contributed by atoms with E-state index in [4.69, 9.17) is 0 Å². The van der Waals surface area contributed by atoms with Gasteiger partial charge in [0.05, 0.1) is 4.90 Å². The molecule has 0 aliphatic carbocycles. The molecule has 27 heavy (non-hydrogen) atoms. The number of hydrogen-bond donors (Lipinski definition) is 1. The summed E-state index contributed by atoms with van der Waals surface area (Å²) in [6.07, 6.45) is 0. The van der Waals surface area contributed by atoms with Crippen molar-refractivity contribution in [1.29, 1.82) is 0 Å². The van der Waals surface area contributed by atoms with E-state index in [0.29, 0.717) is 11.3 Å². The van der Waals surface area contributed by atoms with Crippen LogP contribution in [0.4, 0.5) is 5.69 Å². The van der Waals surface area contributed by atoms with Crippen LogP contribution < -0.4 is 5.32 Å². The van der Waals surface area contributed by atoms with Gasteiger partial charge in [0.25, 0.3) is 5.91 Å². The molecule has 0 unspecified atom stereocenters. The Morgan fingerprint density at radius 1 is 0.778 bits per heavy atom. The van der Waals surface area contributed by atoms with Gasteiger partial charge < -0.3 is 5.32 Å². The molecule has 3 aromatic carbocycles. The first-order valence-corrected chi connectivity index (χ1v) is 9.81. The summed E-state index contributed by atoms with van der Waals surface area (Å²) >= 11 is 0. The summed E-state index contributed by atoms with van der Waals surface area (Å²) < 4.78 is 25.3. The Morgan fingerprint density at radius 2 is 1.33 bits per heavy atom. The molecule has 0 fully saturated rings. The van der Waals surface area contributed by atoms with E-state index in [1.165, 1.54) is 38.4 Å². The molecular weight excluding hydrogens is 360 g/mol. The second-order valence-corrected chi connectivity index (χ2v) is 8.36. The third kappa shape index (κ3) is 4.24. The van der Waals surface area contributed by atoms with Crippen LogP contribution in [-0.2, 0) is 10.0 Å². The topological polar surface area (TPSA) is 66.5 Å². The lowest BCUT2D eigenvalue weighted by Crippen LogP contribution is -2.22. The van der Waals surface area contributed by atoms with Gasteiger partial charge in [0, 0.05) is 25.3 Å². The van der Waals surface area contributed by atoms with E-state index in [2.05, 4.69) is 5.32 Å². The standard InChI is InChI=1S/C21H20N2O3S/c1-23(2)27(25,26)20-14-10-18(11-15-20)21(24)22-19-12-8-17(9-13-19)16-6-4-3-5-7-16/h3-15H,1-2H3,(H,22,24). The van der Waals surface area contributed by atoms with Crippen molar-refractivity contribution in [3.63, 3.8) is 0 Å². The molecule has 0 aromatic heterocycles.